The average Bonchev–Trinajstić information content (AvgIpc) is 3.17. The zero-order valence-corrected chi connectivity index (χ0v) is 13.5. The van der Waals surface area contributed by atoms with Gasteiger partial charge in [0.2, 0.25) is 0 Å². The molecular formula is C15H23F2N5O2. The fraction of sp³-hybridized carbons (Fsp3) is 0.733. The second-order valence-corrected chi connectivity index (χ2v) is 6.29. The molecule has 2 aliphatic heterocycles. The van der Waals surface area contributed by atoms with Crippen LogP contribution in [0.4, 0.5) is 19.3 Å². The number of urea groups is 1. The van der Waals surface area contributed by atoms with Crippen molar-refractivity contribution < 1.29 is 18.3 Å². The van der Waals surface area contributed by atoms with E-state index in [1.807, 2.05) is 0 Å². The molecule has 3 heterocycles. The average molecular weight is 343 g/mol. The Hall–Kier alpha value is -1.74. The van der Waals surface area contributed by atoms with E-state index in [1.165, 1.54) is 12.4 Å². The normalized spacial score (nSPS) is 22.3. The summed E-state index contributed by atoms with van der Waals surface area (Å²) in [6.45, 7) is 5.40. The molecule has 0 bridgehead atoms. The molecule has 0 radical (unpaired) electrons. The third-order valence-corrected chi connectivity index (χ3v) is 4.40. The van der Waals surface area contributed by atoms with Crippen molar-refractivity contribution in [1.82, 2.24) is 19.6 Å². The Morgan fingerprint density at radius 2 is 2.17 bits per heavy atom. The predicted octanol–water partition coefficient (Wildman–Crippen LogP) is 1.33. The molecule has 2 amide bonds. The van der Waals surface area contributed by atoms with Gasteiger partial charge in [-0.25, -0.2) is 13.6 Å². The van der Waals surface area contributed by atoms with Crippen LogP contribution in [0.2, 0.25) is 0 Å². The number of alkyl halides is 2. The first-order valence-corrected chi connectivity index (χ1v) is 8.27. The van der Waals surface area contributed by atoms with Crippen molar-refractivity contribution in [3.05, 3.63) is 12.4 Å². The Morgan fingerprint density at radius 3 is 2.92 bits per heavy atom. The van der Waals surface area contributed by atoms with Crippen LogP contribution in [-0.4, -0.2) is 78.0 Å². The third kappa shape index (κ3) is 4.64. The fourth-order valence-electron chi connectivity index (χ4n) is 3.19. The number of halogens is 2. The molecule has 2 saturated heterocycles. The number of rotatable bonds is 5. The Balaban J connectivity index is 1.44. The standard InChI is InChI=1S/C15H23F2N5O2/c16-14(17)11-22-10-13(7-18-22)19-15(23)21-2-1-12(9-21)8-20-3-5-24-6-4-20/h7,10,12,14H,1-6,8-9,11H2,(H,19,23). The molecule has 0 aliphatic carbocycles. The highest BCUT2D eigenvalue weighted by atomic mass is 19.3. The van der Waals surface area contributed by atoms with Crippen molar-refractivity contribution in [3.63, 3.8) is 0 Å². The summed E-state index contributed by atoms with van der Waals surface area (Å²) in [5, 5.41) is 6.54. The van der Waals surface area contributed by atoms with Gasteiger partial charge in [0.05, 0.1) is 25.1 Å². The number of anilines is 1. The first-order chi connectivity index (χ1) is 11.6. The summed E-state index contributed by atoms with van der Waals surface area (Å²) in [4.78, 5) is 16.4. The van der Waals surface area contributed by atoms with Gasteiger partial charge in [0.1, 0.15) is 6.54 Å². The zero-order valence-electron chi connectivity index (χ0n) is 13.5. The van der Waals surface area contributed by atoms with Gasteiger partial charge in [0.15, 0.2) is 0 Å². The van der Waals surface area contributed by atoms with Crippen LogP contribution in [0.15, 0.2) is 12.4 Å². The SMILES string of the molecule is O=C(Nc1cnn(CC(F)F)c1)N1CCC(CN2CCOCC2)C1. The van der Waals surface area contributed by atoms with Crippen LogP contribution >= 0.6 is 0 Å². The molecule has 1 atom stereocenters. The van der Waals surface area contributed by atoms with Gasteiger partial charge in [-0.2, -0.15) is 5.10 Å². The minimum Gasteiger partial charge on any atom is -0.379 e. The zero-order chi connectivity index (χ0) is 16.9. The van der Waals surface area contributed by atoms with Crippen molar-refractivity contribution in [3.8, 4) is 0 Å². The predicted molar refractivity (Wildman–Crippen MR) is 84.2 cm³/mol. The second kappa shape index (κ2) is 7.89. The van der Waals surface area contributed by atoms with E-state index in [2.05, 4.69) is 15.3 Å². The van der Waals surface area contributed by atoms with Crippen LogP contribution in [0.25, 0.3) is 0 Å². The maximum Gasteiger partial charge on any atom is 0.321 e. The summed E-state index contributed by atoms with van der Waals surface area (Å²) in [5.74, 6) is 0.468. The van der Waals surface area contributed by atoms with E-state index in [1.54, 1.807) is 4.90 Å². The van der Waals surface area contributed by atoms with E-state index in [0.29, 0.717) is 24.7 Å². The number of nitrogens with zero attached hydrogens (tertiary/aromatic N) is 4. The Morgan fingerprint density at radius 1 is 1.38 bits per heavy atom. The summed E-state index contributed by atoms with van der Waals surface area (Å²) < 4.78 is 31.1. The van der Waals surface area contributed by atoms with E-state index >= 15 is 0 Å². The molecule has 0 spiro atoms. The van der Waals surface area contributed by atoms with Crippen LogP contribution < -0.4 is 5.32 Å². The van der Waals surface area contributed by atoms with E-state index in [4.69, 9.17) is 4.74 Å². The molecule has 1 aromatic heterocycles. The van der Waals surface area contributed by atoms with Crippen molar-refractivity contribution in [2.75, 3.05) is 51.3 Å². The summed E-state index contributed by atoms with van der Waals surface area (Å²) in [6, 6.07) is -0.198. The molecule has 2 aliphatic rings. The van der Waals surface area contributed by atoms with Crippen LogP contribution in [-0.2, 0) is 11.3 Å². The Labute approximate surface area is 139 Å². The summed E-state index contributed by atoms with van der Waals surface area (Å²) in [5.41, 5.74) is 0.442. The van der Waals surface area contributed by atoms with Gasteiger partial charge in [-0.15, -0.1) is 0 Å². The molecule has 24 heavy (non-hydrogen) atoms. The van der Waals surface area contributed by atoms with E-state index in [-0.39, 0.29) is 6.03 Å². The van der Waals surface area contributed by atoms with Crippen molar-refractivity contribution in [2.24, 2.45) is 5.92 Å². The topological polar surface area (TPSA) is 62.6 Å². The first-order valence-electron chi connectivity index (χ1n) is 8.27. The number of ether oxygens (including phenoxy) is 1. The number of carbonyl (C=O) groups is 1. The first kappa shape index (κ1) is 17.1. The van der Waals surface area contributed by atoms with Gasteiger partial charge in [0.25, 0.3) is 6.43 Å². The van der Waals surface area contributed by atoms with Crippen LogP contribution in [0.1, 0.15) is 6.42 Å². The monoisotopic (exact) mass is 343 g/mol. The molecule has 0 saturated carbocycles. The number of nitrogens with one attached hydrogen (secondary N) is 1. The molecule has 2 fully saturated rings. The lowest BCUT2D eigenvalue weighted by atomic mass is 10.1. The number of amides is 2. The molecule has 134 valence electrons. The van der Waals surface area contributed by atoms with E-state index in [9.17, 15) is 13.6 Å². The molecule has 0 aromatic carbocycles. The molecular weight excluding hydrogens is 320 g/mol. The largest absolute Gasteiger partial charge is 0.379 e. The van der Waals surface area contributed by atoms with Crippen molar-refractivity contribution in [2.45, 2.75) is 19.4 Å². The van der Waals surface area contributed by atoms with Crippen molar-refractivity contribution >= 4 is 11.7 Å². The summed E-state index contributed by atoms with van der Waals surface area (Å²) >= 11 is 0. The number of hydrogen-bond donors (Lipinski definition) is 1. The molecule has 7 nitrogen and oxygen atoms in total. The van der Waals surface area contributed by atoms with Gasteiger partial charge in [-0.1, -0.05) is 0 Å². The highest BCUT2D eigenvalue weighted by Crippen LogP contribution is 2.19. The van der Waals surface area contributed by atoms with Gasteiger partial charge in [0, 0.05) is 38.9 Å². The Kier molecular flexibility index (Phi) is 5.62. The summed E-state index contributed by atoms with van der Waals surface area (Å²) in [7, 11) is 0. The minimum atomic E-state index is -2.46. The van der Waals surface area contributed by atoms with E-state index < -0.39 is 13.0 Å². The number of morpholine rings is 1. The van der Waals surface area contributed by atoms with Crippen LogP contribution in [0.5, 0.6) is 0 Å². The van der Waals surface area contributed by atoms with Crippen LogP contribution in [0.3, 0.4) is 0 Å². The molecule has 1 unspecified atom stereocenters. The van der Waals surface area contributed by atoms with E-state index in [0.717, 1.165) is 44.0 Å². The van der Waals surface area contributed by atoms with Gasteiger partial charge in [-0.05, 0) is 12.3 Å². The highest BCUT2D eigenvalue weighted by molar-refractivity contribution is 5.89. The highest BCUT2D eigenvalue weighted by Gasteiger charge is 2.28. The number of hydrogen-bond acceptors (Lipinski definition) is 4. The van der Waals surface area contributed by atoms with Crippen molar-refractivity contribution in [1.29, 1.82) is 0 Å². The van der Waals surface area contributed by atoms with Gasteiger partial charge in [-0.3, -0.25) is 9.58 Å². The van der Waals surface area contributed by atoms with Crippen LogP contribution in [0, 0.1) is 5.92 Å². The quantitative estimate of drug-likeness (QED) is 0.876. The maximum atomic E-state index is 12.3. The second-order valence-electron chi connectivity index (χ2n) is 6.29. The molecule has 1 N–H and O–H groups in total. The maximum absolute atomic E-state index is 12.3. The van der Waals surface area contributed by atoms with Gasteiger partial charge < -0.3 is 15.0 Å². The molecule has 1 aromatic rings. The number of likely N-dealkylation sites (tertiary alicyclic amines) is 1. The molecule has 3 rings (SSSR count). The molecule has 9 heteroatoms. The lowest BCUT2D eigenvalue weighted by Gasteiger charge is -2.29. The lowest BCUT2D eigenvalue weighted by molar-refractivity contribution is 0.0314. The summed E-state index contributed by atoms with van der Waals surface area (Å²) in [6.07, 6.45) is 1.33. The van der Waals surface area contributed by atoms with Gasteiger partial charge >= 0.3 is 6.03 Å². The lowest BCUT2D eigenvalue weighted by Crippen LogP contribution is -2.40. The Bertz CT molecular complexity index is 548. The smallest absolute Gasteiger partial charge is 0.321 e. The minimum absolute atomic E-state index is 0.198. The number of aromatic nitrogens is 2. The third-order valence-electron chi connectivity index (χ3n) is 4.40. The fourth-order valence-corrected chi connectivity index (χ4v) is 3.19. The number of carbonyl (C=O) groups excluding carboxylic acids is 1.